The van der Waals surface area contributed by atoms with Gasteiger partial charge in [0.05, 0.1) is 11.6 Å². The van der Waals surface area contributed by atoms with Crippen molar-refractivity contribution in [3.8, 4) is 6.07 Å². The van der Waals surface area contributed by atoms with Crippen LogP contribution in [0.4, 0.5) is 5.69 Å². The fourth-order valence-corrected chi connectivity index (χ4v) is 1.86. The molecule has 0 atom stereocenters. The van der Waals surface area contributed by atoms with Gasteiger partial charge in [0, 0.05) is 11.3 Å². The van der Waals surface area contributed by atoms with Gasteiger partial charge in [-0.3, -0.25) is 4.79 Å². The minimum Gasteiger partial charge on any atom is -0.330 e. The Bertz CT molecular complexity index is 642. The van der Waals surface area contributed by atoms with Crippen LogP contribution in [0.1, 0.15) is 21.5 Å². The van der Waals surface area contributed by atoms with Crippen LogP contribution in [-0.2, 0) is 6.42 Å². The average Bonchev–Trinajstić information content (AvgIpc) is 2.48. The summed E-state index contributed by atoms with van der Waals surface area (Å²) in [6.07, 6.45) is 0.798. The first kappa shape index (κ1) is 13.8. The summed E-state index contributed by atoms with van der Waals surface area (Å²) in [5.41, 5.74) is 8.29. The largest absolute Gasteiger partial charge is 0.330 e. The molecular weight excluding hydrogens is 250 g/mol. The molecule has 4 heteroatoms. The number of amides is 1. The zero-order chi connectivity index (χ0) is 14.4. The van der Waals surface area contributed by atoms with Crippen molar-refractivity contribution >= 4 is 11.6 Å². The molecule has 0 aliphatic heterocycles. The van der Waals surface area contributed by atoms with E-state index in [0.717, 1.165) is 12.0 Å². The predicted octanol–water partition coefficient (Wildman–Crippen LogP) is 2.31. The highest BCUT2D eigenvalue weighted by molar-refractivity contribution is 6.04. The topological polar surface area (TPSA) is 78.9 Å². The Morgan fingerprint density at radius 2 is 1.95 bits per heavy atom. The number of rotatable bonds is 4. The minimum absolute atomic E-state index is 0.195. The van der Waals surface area contributed by atoms with E-state index in [-0.39, 0.29) is 5.91 Å². The van der Waals surface area contributed by atoms with Gasteiger partial charge in [-0.05, 0) is 48.9 Å². The number of nitriles is 1. The lowest BCUT2D eigenvalue weighted by Crippen LogP contribution is -2.12. The maximum Gasteiger partial charge on any atom is 0.255 e. The van der Waals surface area contributed by atoms with Gasteiger partial charge < -0.3 is 11.1 Å². The molecule has 0 heterocycles. The molecule has 1 amide bonds. The second-order valence-electron chi connectivity index (χ2n) is 4.38. The first-order valence-electron chi connectivity index (χ1n) is 6.33. The lowest BCUT2D eigenvalue weighted by molar-refractivity contribution is 0.102. The monoisotopic (exact) mass is 265 g/mol. The van der Waals surface area contributed by atoms with E-state index >= 15 is 0 Å². The molecule has 0 radical (unpaired) electrons. The molecule has 0 unspecified atom stereocenters. The van der Waals surface area contributed by atoms with Crippen LogP contribution in [0.2, 0.25) is 0 Å². The Labute approximate surface area is 117 Å². The van der Waals surface area contributed by atoms with Crippen LogP contribution in [0, 0.1) is 11.3 Å². The number of nitrogens with two attached hydrogens (primary N) is 1. The lowest BCUT2D eigenvalue weighted by Gasteiger charge is -2.06. The number of hydrogen-bond acceptors (Lipinski definition) is 3. The quantitative estimate of drug-likeness (QED) is 0.890. The zero-order valence-corrected chi connectivity index (χ0v) is 11.0. The molecule has 0 fully saturated rings. The number of carbonyl (C=O) groups excluding carboxylic acids is 1. The van der Waals surface area contributed by atoms with Gasteiger partial charge in [0.15, 0.2) is 0 Å². The molecule has 0 aliphatic carbocycles. The van der Waals surface area contributed by atoms with Gasteiger partial charge in [0.25, 0.3) is 5.91 Å². The van der Waals surface area contributed by atoms with Crippen molar-refractivity contribution < 1.29 is 4.79 Å². The molecule has 100 valence electrons. The summed E-state index contributed by atoms with van der Waals surface area (Å²) in [5, 5.41) is 11.6. The van der Waals surface area contributed by atoms with E-state index in [2.05, 4.69) is 5.32 Å². The molecule has 4 nitrogen and oxygen atoms in total. The minimum atomic E-state index is -0.195. The van der Waals surface area contributed by atoms with E-state index in [0.29, 0.717) is 23.4 Å². The number of nitrogens with zero attached hydrogens (tertiary/aromatic N) is 1. The summed E-state index contributed by atoms with van der Waals surface area (Å²) in [7, 11) is 0. The molecule has 0 aliphatic rings. The van der Waals surface area contributed by atoms with E-state index in [1.54, 1.807) is 36.4 Å². The average molecular weight is 265 g/mol. The van der Waals surface area contributed by atoms with Crippen molar-refractivity contribution in [3.05, 3.63) is 65.2 Å². The SMILES string of the molecule is N#Cc1cccc(NC(=O)c2ccc(CCN)cc2)c1. The fraction of sp³-hybridized carbons (Fsp3) is 0.125. The molecule has 2 aromatic rings. The Morgan fingerprint density at radius 1 is 1.20 bits per heavy atom. The standard InChI is InChI=1S/C16H15N3O/c17-9-8-12-4-6-14(7-5-12)16(20)19-15-3-1-2-13(10-15)11-18/h1-7,10H,8-9,17H2,(H,19,20). The highest BCUT2D eigenvalue weighted by Crippen LogP contribution is 2.12. The van der Waals surface area contributed by atoms with Gasteiger partial charge in [-0.2, -0.15) is 5.26 Å². The van der Waals surface area contributed by atoms with Crippen molar-refractivity contribution in [2.45, 2.75) is 6.42 Å². The molecule has 0 saturated heterocycles. The lowest BCUT2D eigenvalue weighted by atomic mass is 10.1. The third-order valence-corrected chi connectivity index (χ3v) is 2.90. The number of anilines is 1. The smallest absolute Gasteiger partial charge is 0.255 e. The van der Waals surface area contributed by atoms with Crippen LogP contribution >= 0.6 is 0 Å². The zero-order valence-electron chi connectivity index (χ0n) is 11.0. The van der Waals surface area contributed by atoms with Crippen molar-refractivity contribution in [1.82, 2.24) is 0 Å². The molecule has 0 spiro atoms. The Hall–Kier alpha value is -2.64. The van der Waals surface area contributed by atoms with Gasteiger partial charge in [0.1, 0.15) is 0 Å². The number of carbonyl (C=O) groups is 1. The highest BCUT2D eigenvalue weighted by atomic mass is 16.1. The normalized spacial score (nSPS) is 9.80. The first-order valence-corrected chi connectivity index (χ1v) is 6.33. The Kier molecular flexibility index (Phi) is 4.48. The van der Waals surface area contributed by atoms with Crippen LogP contribution in [0.3, 0.4) is 0 Å². The molecule has 0 aromatic heterocycles. The maximum absolute atomic E-state index is 12.1. The number of nitrogens with one attached hydrogen (secondary N) is 1. The van der Waals surface area contributed by atoms with E-state index < -0.39 is 0 Å². The van der Waals surface area contributed by atoms with Gasteiger partial charge in [-0.1, -0.05) is 18.2 Å². The fourth-order valence-electron chi connectivity index (χ4n) is 1.86. The molecule has 0 saturated carbocycles. The molecule has 2 rings (SSSR count). The number of benzene rings is 2. The van der Waals surface area contributed by atoms with Crippen LogP contribution in [0.15, 0.2) is 48.5 Å². The van der Waals surface area contributed by atoms with E-state index in [9.17, 15) is 4.79 Å². The van der Waals surface area contributed by atoms with Crippen molar-refractivity contribution in [1.29, 1.82) is 5.26 Å². The second kappa shape index (κ2) is 6.50. The van der Waals surface area contributed by atoms with Crippen molar-refractivity contribution in [3.63, 3.8) is 0 Å². The summed E-state index contributed by atoms with van der Waals surface area (Å²) in [6.45, 7) is 0.590. The molecule has 2 aromatic carbocycles. The highest BCUT2D eigenvalue weighted by Gasteiger charge is 2.06. The maximum atomic E-state index is 12.1. The third-order valence-electron chi connectivity index (χ3n) is 2.90. The van der Waals surface area contributed by atoms with Crippen molar-refractivity contribution in [2.75, 3.05) is 11.9 Å². The third kappa shape index (κ3) is 3.44. The molecular formula is C16H15N3O. The first-order chi connectivity index (χ1) is 9.72. The molecule has 0 bridgehead atoms. The number of hydrogen-bond donors (Lipinski definition) is 2. The van der Waals surface area contributed by atoms with Gasteiger partial charge >= 0.3 is 0 Å². The predicted molar refractivity (Wildman–Crippen MR) is 78.3 cm³/mol. The summed E-state index contributed by atoms with van der Waals surface area (Å²) in [5.74, 6) is -0.195. The Morgan fingerprint density at radius 3 is 2.60 bits per heavy atom. The summed E-state index contributed by atoms with van der Waals surface area (Å²) in [4.78, 5) is 12.1. The van der Waals surface area contributed by atoms with Gasteiger partial charge in [-0.15, -0.1) is 0 Å². The summed E-state index contributed by atoms with van der Waals surface area (Å²) >= 11 is 0. The van der Waals surface area contributed by atoms with Crippen LogP contribution < -0.4 is 11.1 Å². The van der Waals surface area contributed by atoms with E-state index in [1.165, 1.54) is 0 Å². The summed E-state index contributed by atoms with van der Waals surface area (Å²) < 4.78 is 0. The van der Waals surface area contributed by atoms with E-state index in [1.807, 2.05) is 18.2 Å². The van der Waals surface area contributed by atoms with Gasteiger partial charge in [0.2, 0.25) is 0 Å². The second-order valence-corrected chi connectivity index (χ2v) is 4.38. The summed E-state index contributed by atoms with van der Waals surface area (Å²) in [6, 6.07) is 16.2. The van der Waals surface area contributed by atoms with Crippen LogP contribution in [-0.4, -0.2) is 12.5 Å². The van der Waals surface area contributed by atoms with Crippen LogP contribution in [0.25, 0.3) is 0 Å². The molecule has 20 heavy (non-hydrogen) atoms. The molecule has 3 N–H and O–H groups in total. The Balaban J connectivity index is 2.09. The van der Waals surface area contributed by atoms with Gasteiger partial charge in [-0.25, -0.2) is 0 Å². The van der Waals surface area contributed by atoms with E-state index in [4.69, 9.17) is 11.0 Å². The van der Waals surface area contributed by atoms with Crippen LogP contribution in [0.5, 0.6) is 0 Å². The van der Waals surface area contributed by atoms with Crippen molar-refractivity contribution in [2.24, 2.45) is 5.73 Å².